The minimum atomic E-state index is -0.139. The zero-order valence-corrected chi connectivity index (χ0v) is 17.2. The molecule has 1 aromatic heterocycles. The Morgan fingerprint density at radius 1 is 0.920 bits per heavy atom. The number of rotatable bonds is 2. The summed E-state index contributed by atoms with van der Waals surface area (Å²) in [4.78, 5) is 0. The minimum Gasteiger partial charge on any atom is -0.507 e. The van der Waals surface area contributed by atoms with Crippen molar-refractivity contribution in [3.63, 3.8) is 0 Å². The highest BCUT2D eigenvalue weighted by Crippen LogP contribution is 2.38. The number of phenols is 1. The quantitative estimate of drug-likeness (QED) is 0.702. The van der Waals surface area contributed by atoms with Gasteiger partial charge in [-0.3, -0.25) is 0 Å². The van der Waals surface area contributed by atoms with Gasteiger partial charge in [-0.25, -0.2) is 4.68 Å². The van der Waals surface area contributed by atoms with Crippen LogP contribution in [0.15, 0.2) is 29.4 Å². The number of aromatic nitrogens is 1. The van der Waals surface area contributed by atoms with E-state index in [1.165, 1.54) is 5.56 Å². The van der Waals surface area contributed by atoms with E-state index in [9.17, 15) is 5.11 Å². The van der Waals surface area contributed by atoms with E-state index in [1.54, 1.807) is 0 Å². The Labute approximate surface area is 152 Å². The monoisotopic (exact) mass is 340 g/mol. The van der Waals surface area contributed by atoms with Gasteiger partial charge in [-0.15, -0.1) is 0 Å². The number of hydrogen-bond donors (Lipinski definition) is 1. The average Bonchev–Trinajstić information content (AvgIpc) is 2.76. The summed E-state index contributed by atoms with van der Waals surface area (Å²) < 4.78 is 1.93. The molecule has 0 saturated carbocycles. The lowest BCUT2D eigenvalue weighted by Crippen LogP contribution is -2.18. The molecular weight excluding hydrogens is 308 g/mol. The first-order chi connectivity index (χ1) is 11.3. The Morgan fingerprint density at radius 2 is 1.44 bits per heavy atom. The Kier molecular flexibility index (Phi) is 4.91. The second-order valence-electron chi connectivity index (χ2n) is 9.03. The van der Waals surface area contributed by atoms with Crippen LogP contribution < -0.4 is 0 Å². The first-order valence-electron chi connectivity index (χ1n) is 8.91. The standard InChI is InChI=1S/C22H32N2O/c1-14-10-11-15(2)24(14)23-16(3)18-12-17(21(4,5)6)13-19(20(18)25)22(7,8)9/h10-13,25H,1-9H3/b23-16+. The summed E-state index contributed by atoms with van der Waals surface area (Å²) in [7, 11) is 0. The van der Waals surface area contributed by atoms with Crippen LogP contribution in [-0.2, 0) is 10.8 Å². The van der Waals surface area contributed by atoms with Gasteiger partial charge in [-0.2, -0.15) is 5.10 Å². The summed E-state index contributed by atoms with van der Waals surface area (Å²) in [6.07, 6.45) is 0. The van der Waals surface area contributed by atoms with Gasteiger partial charge in [0.2, 0.25) is 0 Å². The molecule has 1 N–H and O–H groups in total. The molecule has 0 saturated heterocycles. The highest BCUT2D eigenvalue weighted by atomic mass is 16.3. The van der Waals surface area contributed by atoms with Crippen molar-refractivity contribution < 1.29 is 5.11 Å². The fraction of sp³-hybridized carbons (Fsp3) is 0.500. The van der Waals surface area contributed by atoms with E-state index in [4.69, 9.17) is 5.10 Å². The van der Waals surface area contributed by atoms with Crippen LogP contribution >= 0.6 is 0 Å². The Hall–Kier alpha value is -2.03. The van der Waals surface area contributed by atoms with Crippen molar-refractivity contribution in [1.29, 1.82) is 0 Å². The van der Waals surface area contributed by atoms with Gasteiger partial charge in [0.25, 0.3) is 0 Å². The lowest BCUT2D eigenvalue weighted by atomic mass is 9.78. The molecule has 0 spiro atoms. The fourth-order valence-electron chi connectivity index (χ4n) is 2.94. The number of hydrogen-bond acceptors (Lipinski definition) is 2. The molecule has 1 heterocycles. The second kappa shape index (κ2) is 6.36. The molecule has 136 valence electrons. The van der Waals surface area contributed by atoms with Gasteiger partial charge in [0.05, 0.1) is 5.71 Å². The predicted octanol–water partition coefficient (Wildman–Crippen LogP) is 5.68. The van der Waals surface area contributed by atoms with Gasteiger partial charge >= 0.3 is 0 Å². The maximum atomic E-state index is 11.0. The van der Waals surface area contributed by atoms with Crippen LogP contribution in [0, 0.1) is 13.8 Å². The molecule has 3 heteroatoms. The molecule has 2 rings (SSSR count). The van der Waals surface area contributed by atoms with Gasteiger partial charge < -0.3 is 5.11 Å². The van der Waals surface area contributed by atoms with E-state index in [2.05, 4.69) is 65.8 Å². The molecule has 0 amide bonds. The molecule has 2 aromatic rings. The topological polar surface area (TPSA) is 37.5 Å². The third kappa shape index (κ3) is 3.97. The highest BCUT2D eigenvalue weighted by Gasteiger charge is 2.25. The van der Waals surface area contributed by atoms with Crippen molar-refractivity contribution in [2.45, 2.75) is 73.1 Å². The maximum absolute atomic E-state index is 11.0. The summed E-state index contributed by atoms with van der Waals surface area (Å²) >= 11 is 0. The highest BCUT2D eigenvalue weighted by molar-refractivity contribution is 6.01. The molecule has 0 fully saturated rings. The summed E-state index contributed by atoms with van der Waals surface area (Å²) in [5, 5.41) is 15.7. The molecule has 0 radical (unpaired) electrons. The maximum Gasteiger partial charge on any atom is 0.128 e. The van der Waals surface area contributed by atoms with Crippen LogP contribution in [-0.4, -0.2) is 15.5 Å². The Bertz CT molecular complexity index is 792. The van der Waals surface area contributed by atoms with Crippen molar-refractivity contribution >= 4 is 5.71 Å². The van der Waals surface area contributed by atoms with Crippen LogP contribution in [0.25, 0.3) is 0 Å². The van der Waals surface area contributed by atoms with Crippen LogP contribution in [0.3, 0.4) is 0 Å². The molecule has 0 aliphatic carbocycles. The summed E-state index contributed by atoms with van der Waals surface area (Å²) in [5.41, 5.74) is 5.83. The normalized spacial score (nSPS) is 13.4. The fourth-order valence-corrected chi connectivity index (χ4v) is 2.94. The average molecular weight is 341 g/mol. The molecule has 3 nitrogen and oxygen atoms in total. The van der Waals surface area contributed by atoms with E-state index in [1.807, 2.05) is 25.4 Å². The summed E-state index contributed by atoms with van der Waals surface area (Å²) in [5.74, 6) is 0.337. The second-order valence-corrected chi connectivity index (χ2v) is 9.03. The van der Waals surface area contributed by atoms with Gasteiger partial charge in [-0.05, 0) is 55.4 Å². The number of aryl methyl sites for hydroxylation is 2. The molecule has 25 heavy (non-hydrogen) atoms. The van der Waals surface area contributed by atoms with Crippen molar-refractivity contribution in [3.8, 4) is 5.75 Å². The van der Waals surface area contributed by atoms with Crippen LogP contribution in [0.5, 0.6) is 5.75 Å². The molecular formula is C22H32N2O. The molecule has 0 aliphatic heterocycles. The SMILES string of the molecule is C/C(=N\n1c(C)ccc1C)c1cc(C(C)(C)C)cc(C(C)(C)C)c1O. The number of benzene rings is 1. The van der Waals surface area contributed by atoms with Gasteiger partial charge in [0, 0.05) is 22.5 Å². The molecule has 0 unspecified atom stereocenters. The van der Waals surface area contributed by atoms with Gasteiger partial charge in [-0.1, -0.05) is 47.6 Å². The smallest absolute Gasteiger partial charge is 0.128 e. The molecule has 0 aliphatic rings. The predicted molar refractivity (Wildman–Crippen MR) is 107 cm³/mol. The molecule has 1 aromatic carbocycles. The largest absolute Gasteiger partial charge is 0.507 e. The van der Waals surface area contributed by atoms with Crippen molar-refractivity contribution in [3.05, 3.63) is 52.3 Å². The van der Waals surface area contributed by atoms with Crippen molar-refractivity contribution in [2.24, 2.45) is 5.10 Å². The summed E-state index contributed by atoms with van der Waals surface area (Å²) in [6, 6.07) is 8.33. The van der Waals surface area contributed by atoms with Gasteiger partial charge in [0.1, 0.15) is 5.75 Å². The lowest BCUT2D eigenvalue weighted by molar-refractivity contribution is 0.443. The lowest BCUT2D eigenvalue weighted by Gasteiger charge is -2.27. The van der Waals surface area contributed by atoms with E-state index in [-0.39, 0.29) is 10.8 Å². The van der Waals surface area contributed by atoms with E-state index in [0.29, 0.717) is 5.75 Å². The van der Waals surface area contributed by atoms with E-state index < -0.39 is 0 Å². The third-order valence-corrected chi connectivity index (χ3v) is 4.66. The zero-order chi connectivity index (χ0) is 19.2. The Morgan fingerprint density at radius 3 is 1.88 bits per heavy atom. The molecule has 0 bridgehead atoms. The van der Waals surface area contributed by atoms with E-state index >= 15 is 0 Å². The van der Waals surface area contributed by atoms with Gasteiger partial charge in [0.15, 0.2) is 0 Å². The number of phenolic OH excluding ortho intramolecular Hbond substituents is 1. The zero-order valence-electron chi connectivity index (χ0n) is 17.2. The Balaban J connectivity index is 2.72. The first kappa shape index (κ1) is 19.3. The van der Waals surface area contributed by atoms with Crippen LogP contribution in [0.2, 0.25) is 0 Å². The summed E-state index contributed by atoms with van der Waals surface area (Å²) in [6.45, 7) is 19.0. The number of nitrogens with zero attached hydrogens (tertiary/aromatic N) is 2. The van der Waals surface area contributed by atoms with Crippen molar-refractivity contribution in [2.75, 3.05) is 0 Å². The first-order valence-corrected chi connectivity index (χ1v) is 8.91. The van der Waals surface area contributed by atoms with E-state index in [0.717, 1.165) is 28.2 Å². The van der Waals surface area contributed by atoms with Crippen molar-refractivity contribution in [1.82, 2.24) is 4.68 Å². The minimum absolute atomic E-state index is 0.00200. The molecule has 0 atom stereocenters. The third-order valence-electron chi connectivity index (χ3n) is 4.66. The van der Waals surface area contributed by atoms with Crippen LogP contribution in [0.4, 0.5) is 0 Å². The number of aromatic hydroxyl groups is 1. The van der Waals surface area contributed by atoms with Crippen LogP contribution in [0.1, 0.15) is 76.5 Å².